The summed E-state index contributed by atoms with van der Waals surface area (Å²) in [7, 11) is 0. The van der Waals surface area contributed by atoms with Gasteiger partial charge in [0.1, 0.15) is 18.1 Å². The van der Waals surface area contributed by atoms with Crippen molar-refractivity contribution in [3.63, 3.8) is 0 Å². The molecule has 3 heterocycles. The molecule has 0 saturated carbocycles. The minimum absolute atomic E-state index is 0.0781. The van der Waals surface area contributed by atoms with Crippen molar-refractivity contribution in [1.29, 1.82) is 0 Å². The molecule has 148 valence electrons. The van der Waals surface area contributed by atoms with E-state index >= 15 is 0 Å². The van der Waals surface area contributed by atoms with Gasteiger partial charge in [0.25, 0.3) is 0 Å². The predicted molar refractivity (Wildman–Crippen MR) is 114 cm³/mol. The van der Waals surface area contributed by atoms with Crippen LogP contribution < -0.4 is 9.47 Å². The van der Waals surface area contributed by atoms with Gasteiger partial charge in [-0.1, -0.05) is 30.3 Å². The highest BCUT2D eigenvalue weighted by Crippen LogP contribution is 2.32. The maximum absolute atomic E-state index is 13.0. The van der Waals surface area contributed by atoms with E-state index in [-0.39, 0.29) is 11.7 Å². The van der Waals surface area contributed by atoms with Crippen LogP contribution in [0.15, 0.2) is 79.1 Å². The third-order valence-electron chi connectivity index (χ3n) is 5.28. The zero-order valence-electron chi connectivity index (χ0n) is 16.3. The van der Waals surface area contributed by atoms with Gasteiger partial charge in [-0.15, -0.1) is 0 Å². The molecule has 0 bridgehead atoms. The van der Waals surface area contributed by atoms with E-state index in [1.165, 1.54) is 0 Å². The molecule has 1 unspecified atom stereocenters. The molecule has 0 radical (unpaired) electrons. The fourth-order valence-electron chi connectivity index (χ4n) is 3.70. The van der Waals surface area contributed by atoms with Crippen LogP contribution in [0.25, 0.3) is 10.9 Å². The van der Waals surface area contributed by atoms with Crippen molar-refractivity contribution >= 4 is 16.7 Å². The Kier molecular flexibility index (Phi) is 4.85. The number of pyridine rings is 2. The van der Waals surface area contributed by atoms with Crippen LogP contribution in [0.4, 0.5) is 0 Å². The maximum Gasteiger partial charge on any atom is 0.173 e. The van der Waals surface area contributed by atoms with Crippen molar-refractivity contribution in [2.75, 3.05) is 6.61 Å². The average Bonchev–Trinajstić information content (AvgIpc) is 2.80. The summed E-state index contributed by atoms with van der Waals surface area (Å²) in [5, 5.41) is 1.09. The smallest absolute Gasteiger partial charge is 0.173 e. The largest absolute Gasteiger partial charge is 0.492 e. The Morgan fingerprint density at radius 2 is 1.97 bits per heavy atom. The number of para-hydroxylation sites is 1. The highest BCUT2D eigenvalue weighted by molar-refractivity contribution is 6.01. The molecule has 0 N–H and O–H groups in total. The Morgan fingerprint density at radius 3 is 2.87 bits per heavy atom. The summed E-state index contributed by atoms with van der Waals surface area (Å²) in [6, 6.07) is 21.2. The van der Waals surface area contributed by atoms with E-state index in [4.69, 9.17) is 9.47 Å². The van der Waals surface area contributed by atoms with Crippen molar-refractivity contribution in [2.45, 2.75) is 13.0 Å². The summed E-state index contributed by atoms with van der Waals surface area (Å²) in [6.07, 6.45) is 4.13. The van der Waals surface area contributed by atoms with E-state index in [2.05, 4.69) is 9.97 Å². The minimum atomic E-state index is -0.223. The Labute approximate surface area is 174 Å². The lowest BCUT2D eigenvalue weighted by Crippen LogP contribution is -2.29. The molecule has 1 aliphatic heterocycles. The normalized spacial score (nSPS) is 15.5. The molecule has 30 heavy (non-hydrogen) atoms. The van der Waals surface area contributed by atoms with Gasteiger partial charge in [0.2, 0.25) is 0 Å². The highest BCUT2D eigenvalue weighted by atomic mass is 16.5. The number of hydrogen-bond donors (Lipinski definition) is 0. The molecule has 2 aromatic carbocycles. The lowest BCUT2D eigenvalue weighted by atomic mass is 9.90. The van der Waals surface area contributed by atoms with E-state index < -0.39 is 0 Å². The van der Waals surface area contributed by atoms with E-state index in [0.29, 0.717) is 36.7 Å². The van der Waals surface area contributed by atoms with E-state index in [1.807, 2.05) is 54.6 Å². The molecule has 2 aromatic heterocycles. The van der Waals surface area contributed by atoms with E-state index in [0.717, 1.165) is 22.2 Å². The van der Waals surface area contributed by atoms with Crippen LogP contribution in [-0.2, 0) is 13.0 Å². The molecule has 1 atom stereocenters. The van der Waals surface area contributed by atoms with Crippen LogP contribution in [-0.4, -0.2) is 22.4 Å². The number of Topliss-reactive ketones (excluding diaryl/α,β-unsaturated/α-hetero) is 1. The number of hydrogen-bond acceptors (Lipinski definition) is 5. The number of ether oxygens (including phenoxy) is 2. The van der Waals surface area contributed by atoms with Gasteiger partial charge in [0.05, 0.1) is 29.3 Å². The topological polar surface area (TPSA) is 61.3 Å². The lowest BCUT2D eigenvalue weighted by Gasteiger charge is -2.24. The Balaban J connectivity index is 1.31. The number of rotatable bonds is 5. The third kappa shape index (κ3) is 3.74. The molecule has 0 amide bonds. The monoisotopic (exact) mass is 396 g/mol. The van der Waals surface area contributed by atoms with Crippen molar-refractivity contribution in [2.24, 2.45) is 5.92 Å². The number of nitrogens with zero attached hydrogens (tertiary/aromatic N) is 2. The first-order chi connectivity index (χ1) is 14.8. The summed E-state index contributed by atoms with van der Waals surface area (Å²) < 4.78 is 11.8. The van der Waals surface area contributed by atoms with Gasteiger partial charge in [-0.25, -0.2) is 4.98 Å². The zero-order chi connectivity index (χ0) is 20.3. The number of fused-ring (bicyclic) bond motifs is 2. The third-order valence-corrected chi connectivity index (χ3v) is 5.28. The van der Waals surface area contributed by atoms with Gasteiger partial charge in [-0.3, -0.25) is 9.78 Å². The molecular weight excluding hydrogens is 376 g/mol. The van der Waals surface area contributed by atoms with Crippen molar-refractivity contribution in [1.82, 2.24) is 9.97 Å². The van der Waals surface area contributed by atoms with Crippen LogP contribution >= 0.6 is 0 Å². The molecule has 1 aliphatic rings. The minimum Gasteiger partial charge on any atom is -0.492 e. The van der Waals surface area contributed by atoms with Gasteiger partial charge in [-0.2, -0.15) is 0 Å². The zero-order valence-corrected chi connectivity index (χ0v) is 16.3. The molecule has 5 rings (SSSR count). The highest BCUT2D eigenvalue weighted by Gasteiger charge is 2.29. The second-order valence-electron chi connectivity index (χ2n) is 7.38. The summed E-state index contributed by atoms with van der Waals surface area (Å²) in [4.78, 5) is 21.8. The second kappa shape index (κ2) is 7.95. The van der Waals surface area contributed by atoms with Gasteiger partial charge in [0.15, 0.2) is 5.78 Å². The SMILES string of the molecule is O=C1c2cc(OCc3ccc4ccccc4n3)ccc2OCC1Cc1cccnc1. The molecule has 0 aliphatic carbocycles. The summed E-state index contributed by atoms with van der Waals surface area (Å²) in [5.41, 5.74) is 3.37. The number of benzene rings is 2. The molecule has 4 aromatic rings. The van der Waals surface area contributed by atoms with E-state index in [1.54, 1.807) is 24.5 Å². The standard InChI is InChI=1S/C25H20N2O3/c28-25-19(12-17-4-3-11-26-14-17)15-30-24-10-9-21(13-22(24)25)29-16-20-8-7-18-5-1-2-6-23(18)27-20/h1-11,13-14,19H,12,15-16H2. The Bertz CT molecular complexity index is 1210. The number of aromatic nitrogens is 2. The molecule has 0 saturated heterocycles. The maximum atomic E-state index is 13.0. The average molecular weight is 396 g/mol. The predicted octanol–water partition coefficient (Wildman–Crippen LogP) is 4.64. The van der Waals surface area contributed by atoms with Crippen LogP contribution in [0.2, 0.25) is 0 Å². The fourth-order valence-corrected chi connectivity index (χ4v) is 3.70. The Hall–Kier alpha value is -3.73. The fraction of sp³-hybridized carbons (Fsp3) is 0.160. The summed E-state index contributed by atoms with van der Waals surface area (Å²) in [6.45, 7) is 0.708. The van der Waals surface area contributed by atoms with Gasteiger partial charge in [-0.05, 0) is 48.4 Å². The first-order valence-electron chi connectivity index (χ1n) is 9.94. The first kappa shape index (κ1) is 18.3. The van der Waals surface area contributed by atoms with Crippen LogP contribution in [0.1, 0.15) is 21.6 Å². The van der Waals surface area contributed by atoms with Crippen LogP contribution in [0.5, 0.6) is 11.5 Å². The Morgan fingerprint density at radius 1 is 1.03 bits per heavy atom. The van der Waals surface area contributed by atoms with Crippen LogP contribution in [0.3, 0.4) is 0 Å². The molecule has 5 heteroatoms. The summed E-state index contributed by atoms with van der Waals surface area (Å²) >= 11 is 0. The second-order valence-corrected chi connectivity index (χ2v) is 7.38. The lowest BCUT2D eigenvalue weighted by molar-refractivity contribution is 0.0829. The first-order valence-corrected chi connectivity index (χ1v) is 9.94. The van der Waals surface area contributed by atoms with Gasteiger partial charge < -0.3 is 9.47 Å². The number of ketones is 1. The molecular formula is C25H20N2O3. The summed E-state index contributed by atoms with van der Waals surface area (Å²) in [5.74, 6) is 1.09. The van der Waals surface area contributed by atoms with E-state index in [9.17, 15) is 4.79 Å². The van der Waals surface area contributed by atoms with Gasteiger partial charge >= 0.3 is 0 Å². The van der Waals surface area contributed by atoms with Crippen LogP contribution in [0, 0.1) is 5.92 Å². The van der Waals surface area contributed by atoms with Crippen molar-refractivity contribution in [3.05, 3.63) is 95.9 Å². The van der Waals surface area contributed by atoms with Crippen molar-refractivity contribution < 1.29 is 14.3 Å². The molecule has 0 spiro atoms. The number of carbonyl (C=O) groups is 1. The van der Waals surface area contributed by atoms with Crippen molar-refractivity contribution in [3.8, 4) is 11.5 Å². The quantitative estimate of drug-likeness (QED) is 0.492. The molecule has 0 fully saturated rings. The number of carbonyl (C=O) groups excluding carboxylic acids is 1. The van der Waals surface area contributed by atoms with Gasteiger partial charge in [0, 0.05) is 17.8 Å². The molecule has 5 nitrogen and oxygen atoms in total.